The average Bonchev–Trinajstić information content (AvgIpc) is 2.45. The Bertz CT molecular complexity index is 521. The van der Waals surface area contributed by atoms with Crippen LogP contribution >= 0.6 is 0 Å². The molecule has 25 heavy (non-hydrogen) atoms. The van der Waals surface area contributed by atoms with E-state index in [2.05, 4.69) is 43.5 Å². The third kappa shape index (κ3) is 7.81. The molecule has 4 nitrogen and oxygen atoms in total. The Morgan fingerprint density at radius 1 is 1.20 bits per heavy atom. The highest BCUT2D eigenvalue weighted by Crippen LogP contribution is 2.36. The number of hydrogen-bond acceptors (Lipinski definition) is 4. The van der Waals surface area contributed by atoms with Gasteiger partial charge in [0.25, 0.3) is 0 Å². The minimum absolute atomic E-state index is 0.0350. The van der Waals surface area contributed by atoms with Gasteiger partial charge in [-0.15, -0.1) is 0 Å². The van der Waals surface area contributed by atoms with E-state index in [0.29, 0.717) is 26.2 Å². The van der Waals surface area contributed by atoms with Gasteiger partial charge in [-0.3, -0.25) is 4.90 Å². The van der Waals surface area contributed by atoms with Crippen molar-refractivity contribution >= 4 is 8.32 Å². The first-order valence-electron chi connectivity index (χ1n) is 8.56. The van der Waals surface area contributed by atoms with Crippen LogP contribution in [-0.4, -0.2) is 51.2 Å². The summed E-state index contributed by atoms with van der Waals surface area (Å²) in [6.45, 7) is 10.5. The fourth-order valence-corrected chi connectivity index (χ4v) is 3.17. The highest BCUT2D eigenvalue weighted by Gasteiger charge is 2.36. The fraction of sp³-hybridized carbons (Fsp3) is 0.667. The number of alkyl halides is 2. The van der Waals surface area contributed by atoms with Crippen molar-refractivity contribution in [3.63, 3.8) is 0 Å². The third-order valence-corrected chi connectivity index (χ3v) is 9.16. The predicted molar refractivity (Wildman–Crippen MR) is 98.6 cm³/mol. The fourth-order valence-electron chi connectivity index (χ4n) is 2.14. The molecule has 0 aliphatic rings. The SMILES string of the molecule is CC(C)(C)[Si](C)(C)OCCN(CCO)Cc1cccc(OC(F)F)c1. The highest BCUT2D eigenvalue weighted by molar-refractivity contribution is 6.74. The van der Waals surface area contributed by atoms with Gasteiger partial charge in [-0.25, -0.2) is 0 Å². The number of hydrogen-bond donors (Lipinski definition) is 1. The topological polar surface area (TPSA) is 41.9 Å². The Kier molecular flexibility index (Phi) is 8.47. The number of aliphatic hydroxyl groups is 1. The van der Waals surface area contributed by atoms with Gasteiger partial charge in [-0.05, 0) is 35.8 Å². The summed E-state index contributed by atoms with van der Waals surface area (Å²) >= 11 is 0. The quantitative estimate of drug-likeness (QED) is 0.625. The number of rotatable bonds is 10. The number of nitrogens with zero attached hydrogens (tertiary/aromatic N) is 1. The molecule has 0 heterocycles. The van der Waals surface area contributed by atoms with Crippen molar-refractivity contribution in [2.24, 2.45) is 0 Å². The van der Waals surface area contributed by atoms with E-state index in [1.54, 1.807) is 12.1 Å². The Morgan fingerprint density at radius 2 is 1.88 bits per heavy atom. The summed E-state index contributed by atoms with van der Waals surface area (Å²) in [4.78, 5) is 2.05. The maximum absolute atomic E-state index is 12.3. The van der Waals surface area contributed by atoms with Crippen LogP contribution in [-0.2, 0) is 11.0 Å². The summed E-state index contributed by atoms with van der Waals surface area (Å²) in [7, 11) is -1.81. The van der Waals surface area contributed by atoms with E-state index >= 15 is 0 Å². The number of benzene rings is 1. The lowest BCUT2D eigenvalue weighted by molar-refractivity contribution is -0.0499. The number of aliphatic hydroxyl groups excluding tert-OH is 1. The molecule has 0 radical (unpaired) electrons. The van der Waals surface area contributed by atoms with Crippen LogP contribution in [0.25, 0.3) is 0 Å². The van der Waals surface area contributed by atoms with Gasteiger partial charge in [-0.1, -0.05) is 32.9 Å². The van der Waals surface area contributed by atoms with Crippen LogP contribution in [0.15, 0.2) is 24.3 Å². The molecule has 0 fully saturated rings. The van der Waals surface area contributed by atoms with E-state index in [1.165, 1.54) is 6.07 Å². The molecule has 0 bridgehead atoms. The summed E-state index contributed by atoms with van der Waals surface area (Å²) < 4.78 is 35.3. The summed E-state index contributed by atoms with van der Waals surface area (Å²) in [5.74, 6) is 0.147. The van der Waals surface area contributed by atoms with Crippen molar-refractivity contribution in [3.8, 4) is 5.75 Å². The van der Waals surface area contributed by atoms with Crippen molar-refractivity contribution in [1.82, 2.24) is 4.90 Å². The zero-order valence-corrected chi connectivity index (χ0v) is 16.9. The molecule has 0 amide bonds. The number of ether oxygens (including phenoxy) is 1. The molecule has 0 spiro atoms. The maximum atomic E-state index is 12.3. The van der Waals surface area contributed by atoms with Gasteiger partial charge in [0, 0.05) is 26.2 Å². The molecule has 0 aromatic heterocycles. The molecule has 1 aromatic carbocycles. The first-order chi connectivity index (χ1) is 11.5. The van der Waals surface area contributed by atoms with E-state index in [1.807, 2.05) is 6.07 Å². The van der Waals surface area contributed by atoms with Crippen molar-refractivity contribution in [2.45, 2.75) is 52.1 Å². The van der Waals surface area contributed by atoms with Crippen LogP contribution in [0.2, 0.25) is 18.1 Å². The van der Waals surface area contributed by atoms with Gasteiger partial charge in [0.2, 0.25) is 0 Å². The van der Waals surface area contributed by atoms with E-state index in [4.69, 9.17) is 4.43 Å². The zero-order chi connectivity index (χ0) is 19.1. The van der Waals surface area contributed by atoms with Crippen LogP contribution < -0.4 is 4.74 Å². The monoisotopic (exact) mass is 375 g/mol. The molecule has 0 saturated heterocycles. The molecular weight excluding hydrogens is 344 g/mol. The lowest BCUT2D eigenvalue weighted by Gasteiger charge is -2.36. The van der Waals surface area contributed by atoms with E-state index in [9.17, 15) is 13.9 Å². The molecule has 7 heteroatoms. The van der Waals surface area contributed by atoms with Crippen LogP contribution in [0.3, 0.4) is 0 Å². The zero-order valence-electron chi connectivity index (χ0n) is 15.9. The van der Waals surface area contributed by atoms with E-state index in [-0.39, 0.29) is 17.4 Å². The minimum Gasteiger partial charge on any atom is -0.435 e. The van der Waals surface area contributed by atoms with Crippen molar-refractivity contribution in [1.29, 1.82) is 0 Å². The first kappa shape index (κ1) is 22.0. The second-order valence-corrected chi connectivity index (χ2v) is 12.4. The van der Waals surface area contributed by atoms with Crippen LogP contribution in [0.4, 0.5) is 8.78 Å². The van der Waals surface area contributed by atoms with Crippen LogP contribution in [0, 0.1) is 0 Å². The lowest BCUT2D eigenvalue weighted by Crippen LogP contribution is -2.43. The Labute approximate surface area is 150 Å². The molecule has 1 N–H and O–H groups in total. The van der Waals surface area contributed by atoms with E-state index < -0.39 is 14.9 Å². The van der Waals surface area contributed by atoms with Gasteiger partial charge in [0.15, 0.2) is 8.32 Å². The average molecular weight is 376 g/mol. The standard InChI is InChI=1S/C18H31F2NO3Si/c1-18(2,3)25(4,5)23-12-10-21(9-11-22)14-15-7-6-8-16(13-15)24-17(19)20/h6-8,13,17,22H,9-12,14H2,1-5H3. The summed E-state index contributed by atoms with van der Waals surface area (Å²) in [5, 5.41) is 9.43. The Hall–Kier alpha value is -1.02. The molecule has 0 atom stereocenters. The molecule has 1 rings (SSSR count). The normalized spacial score (nSPS) is 12.9. The summed E-state index contributed by atoms with van der Waals surface area (Å²) in [5.41, 5.74) is 0.860. The van der Waals surface area contributed by atoms with Gasteiger partial charge in [0.1, 0.15) is 5.75 Å². The van der Waals surface area contributed by atoms with Crippen molar-refractivity contribution in [2.75, 3.05) is 26.3 Å². The van der Waals surface area contributed by atoms with Gasteiger partial charge in [-0.2, -0.15) is 8.78 Å². The van der Waals surface area contributed by atoms with Gasteiger partial charge >= 0.3 is 6.61 Å². The second kappa shape index (κ2) is 9.61. The largest absolute Gasteiger partial charge is 0.435 e. The minimum atomic E-state index is -2.83. The first-order valence-corrected chi connectivity index (χ1v) is 11.5. The highest BCUT2D eigenvalue weighted by atomic mass is 28.4. The second-order valence-electron chi connectivity index (χ2n) is 7.63. The summed E-state index contributed by atoms with van der Waals surface area (Å²) in [6.07, 6.45) is 0. The molecule has 0 aliphatic heterocycles. The van der Waals surface area contributed by atoms with Crippen molar-refractivity contribution in [3.05, 3.63) is 29.8 Å². The molecule has 1 aromatic rings. The molecule has 0 aliphatic carbocycles. The molecule has 0 unspecified atom stereocenters. The third-order valence-electron chi connectivity index (χ3n) is 4.62. The van der Waals surface area contributed by atoms with Gasteiger partial charge < -0.3 is 14.3 Å². The van der Waals surface area contributed by atoms with Crippen LogP contribution in [0.1, 0.15) is 26.3 Å². The lowest BCUT2D eigenvalue weighted by atomic mass is 10.2. The molecule has 144 valence electrons. The molecular formula is C18H31F2NO3Si. The maximum Gasteiger partial charge on any atom is 0.387 e. The smallest absolute Gasteiger partial charge is 0.387 e. The summed E-state index contributed by atoms with van der Waals surface area (Å²) in [6, 6.07) is 6.66. The number of halogens is 2. The van der Waals surface area contributed by atoms with Crippen molar-refractivity contribution < 1.29 is 23.1 Å². The molecule has 0 saturated carbocycles. The Morgan fingerprint density at radius 3 is 2.44 bits per heavy atom. The predicted octanol–water partition coefficient (Wildman–Crippen LogP) is 4.10. The Balaban J connectivity index is 2.63. The van der Waals surface area contributed by atoms with Crippen LogP contribution in [0.5, 0.6) is 5.75 Å². The van der Waals surface area contributed by atoms with E-state index in [0.717, 1.165) is 5.56 Å². The van der Waals surface area contributed by atoms with Gasteiger partial charge in [0.05, 0.1) is 6.61 Å².